The van der Waals surface area contributed by atoms with Crippen LogP contribution in [0.5, 0.6) is 0 Å². The second kappa shape index (κ2) is 5.16. The minimum Gasteiger partial charge on any atom is -0.299 e. The molecule has 0 unspecified atom stereocenters. The summed E-state index contributed by atoms with van der Waals surface area (Å²) in [5.74, 6) is 2.60. The zero-order chi connectivity index (χ0) is 16.2. The topological polar surface area (TPSA) is 34.1 Å². The number of carbonyl (C=O) groups excluding carboxylic acids is 2. The highest BCUT2D eigenvalue weighted by Gasteiger charge is 2.57. The van der Waals surface area contributed by atoms with Crippen molar-refractivity contribution in [3.05, 3.63) is 23.3 Å². The van der Waals surface area contributed by atoms with E-state index in [1.807, 2.05) is 12.2 Å². The van der Waals surface area contributed by atoms with Crippen LogP contribution in [0.15, 0.2) is 23.3 Å². The van der Waals surface area contributed by atoms with Crippen molar-refractivity contribution in [3.63, 3.8) is 0 Å². The van der Waals surface area contributed by atoms with E-state index in [0.717, 1.165) is 49.7 Å². The third-order valence-corrected chi connectivity index (χ3v) is 8.08. The first-order valence-electron chi connectivity index (χ1n) is 9.38. The number of carbonyl (C=O) groups is 2. The van der Waals surface area contributed by atoms with Crippen LogP contribution in [-0.2, 0) is 9.59 Å². The fourth-order valence-electron chi connectivity index (χ4n) is 6.76. The van der Waals surface area contributed by atoms with Gasteiger partial charge in [-0.3, -0.25) is 9.59 Å². The molecule has 23 heavy (non-hydrogen) atoms. The lowest BCUT2D eigenvalue weighted by Gasteiger charge is -2.57. The summed E-state index contributed by atoms with van der Waals surface area (Å²) in [6.45, 7) is 4.84. The molecule has 0 bridgehead atoms. The molecular weight excluding hydrogens is 284 g/mol. The molecule has 2 nitrogen and oxygen atoms in total. The van der Waals surface area contributed by atoms with Crippen LogP contribution in [0, 0.1) is 28.6 Å². The SMILES string of the molecule is C[C@]12CCC(=O)C=C1CC[C@@H]1[C@@H]2CC[C@]2(C)C(=CC=O)CC[C@@H]12. The molecule has 124 valence electrons. The van der Waals surface area contributed by atoms with Crippen LogP contribution < -0.4 is 0 Å². The van der Waals surface area contributed by atoms with Gasteiger partial charge in [-0.2, -0.15) is 0 Å². The first-order chi connectivity index (χ1) is 11.0. The smallest absolute Gasteiger partial charge is 0.155 e. The van der Waals surface area contributed by atoms with Crippen LogP contribution >= 0.6 is 0 Å². The summed E-state index contributed by atoms with van der Waals surface area (Å²) in [7, 11) is 0. The molecule has 3 saturated carbocycles. The zero-order valence-electron chi connectivity index (χ0n) is 14.4. The molecule has 2 heteroatoms. The first-order valence-corrected chi connectivity index (χ1v) is 9.38. The summed E-state index contributed by atoms with van der Waals surface area (Å²) in [5, 5.41) is 0. The summed E-state index contributed by atoms with van der Waals surface area (Å²) in [6.07, 6.45) is 13.8. The summed E-state index contributed by atoms with van der Waals surface area (Å²) >= 11 is 0. The number of aldehydes is 1. The van der Waals surface area contributed by atoms with Crippen LogP contribution in [0.2, 0.25) is 0 Å². The predicted molar refractivity (Wildman–Crippen MR) is 90.9 cm³/mol. The van der Waals surface area contributed by atoms with Crippen LogP contribution in [0.1, 0.15) is 65.2 Å². The van der Waals surface area contributed by atoms with Crippen molar-refractivity contribution in [1.82, 2.24) is 0 Å². The van der Waals surface area contributed by atoms with E-state index in [-0.39, 0.29) is 10.8 Å². The normalized spacial score (nSPS) is 47.6. The molecule has 4 rings (SSSR count). The van der Waals surface area contributed by atoms with Crippen LogP contribution in [0.25, 0.3) is 0 Å². The molecule has 0 aliphatic heterocycles. The van der Waals surface area contributed by atoms with E-state index < -0.39 is 0 Å². The van der Waals surface area contributed by atoms with Gasteiger partial charge in [0.2, 0.25) is 0 Å². The maximum Gasteiger partial charge on any atom is 0.155 e. The van der Waals surface area contributed by atoms with Crippen molar-refractivity contribution in [2.45, 2.75) is 65.2 Å². The van der Waals surface area contributed by atoms with Gasteiger partial charge in [0.1, 0.15) is 6.29 Å². The van der Waals surface area contributed by atoms with Crippen molar-refractivity contribution < 1.29 is 9.59 Å². The highest BCUT2D eigenvalue weighted by atomic mass is 16.1. The lowest BCUT2D eigenvalue weighted by molar-refractivity contribution is -0.117. The van der Waals surface area contributed by atoms with Gasteiger partial charge in [-0.15, -0.1) is 0 Å². The van der Waals surface area contributed by atoms with Crippen molar-refractivity contribution in [2.75, 3.05) is 0 Å². The molecule has 0 heterocycles. The van der Waals surface area contributed by atoms with E-state index in [1.54, 1.807) is 0 Å². The second-order valence-electron chi connectivity index (χ2n) is 8.79. The van der Waals surface area contributed by atoms with E-state index in [4.69, 9.17) is 0 Å². The zero-order valence-corrected chi connectivity index (χ0v) is 14.4. The van der Waals surface area contributed by atoms with Crippen molar-refractivity contribution in [1.29, 1.82) is 0 Å². The largest absolute Gasteiger partial charge is 0.299 e. The van der Waals surface area contributed by atoms with E-state index in [0.29, 0.717) is 5.78 Å². The Kier molecular flexibility index (Phi) is 3.44. The Hall–Kier alpha value is -1.18. The highest BCUT2D eigenvalue weighted by Crippen LogP contribution is 2.66. The Morgan fingerprint density at radius 2 is 1.78 bits per heavy atom. The minimum absolute atomic E-state index is 0.254. The average Bonchev–Trinajstić information content (AvgIpc) is 2.85. The summed E-state index contributed by atoms with van der Waals surface area (Å²) < 4.78 is 0. The van der Waals surface area contributed by atoms with Gasteiger partial charge in [-0.1, -0.05) is 25.0 Å². The van der Waals surface area contributed by atoms with Gasteiger partial charge in [0, 0.05) is 6.42 Å². The van der Waals surface area contributed by atoms with Crippen LogP contribution in [0.3, 0.4) is 0 Å². The van der Waals surface area contributed by atoms with Crippen molar-refractivity contribution >= 4 is 12.1 Å². The molecule has 0 amide bonds. The maximum absolute atomic E-state index is 11.9. The number of rotatable bonds is 1. The van der Waals surface area contributed by atoms with Crippen molar-refractivity contribution in [3.8, 4) is 0 Å². The number of allylic oxidation sites excluding steroid dienone is 3. The van der Waals surface area contributed by atoms with Gasteiger partial charge < -0.3 is 0 Å². The molecule has 0 aromatic rings. The Morgan fingerprint density at radius 3 is 2.57 bits per heavy atom. The third kappa shape index (κ3) is 2.06. The number of hydrogen-bond donors (Lipinski definition) is 0. The number of fused-ring (bicyclic) bond motifs is 5. The van der Waals surface area contributed by atoms with Crippen molar-refractivity contribution in [2.24, 2.45) is 28.6 Å². The second-order valence-corrected chi connectivity index (χ2v) is 8.79. The molecular formula is C21H28O2. The molecule has 4 aliphatic carbocycles. The molecule has 0 N–H and O–H groups in total. The molecule has 3 fully saturated rings. The maximum atomic E-state index is 11.9. The summed E-state index contributed by atoms with van der Waals surface area (Å²) in [4.78, 5) is 22.9. The third-order valence-electron chi connectivity index (χ3n) is 8.08. The summed E-state index contributed by atoms with van der Waals surface area (Å²) in [5.41, 5.74) is 3.36. The molecule has 0 spiro atoms. The fraction of sp³-hybridized carbons (Fsp3) is 0.714. The molecule has 0 saturated heterocycles. The van der Waals surface area contributed by atoms with Gasteiger partial charge in [0.15, 0.2) is 5.78 Å². The van der Waals surface area contributed by atoms with E-state index in [2.05, 4.69) is 13.8 Å². The van der Waals surface area contributed by atoms with Gasteiger partial charge in [-0.05, 0) is 85.7 Å². The van der Waals surface area contributed by atoms with E-state index in [1.165, 1.54) is 36.8 Å². The Morgan fingerprint density at radius 1 is 1.00 bits per heavy atom. The lowest BCUT2D eigenvalue weighted by atomic mass is 9.47. The Labute approximate surface area is 139 Å². The summed E-state index contributed by atoms with van der Waals surface area (Å²) in [6, 6.07) is 0. The lowest BCUT2D eigenvalue weighted by Crippen LogP contribution is -2.49. The average molecular weight is 312 g/mol. The Balaban J connectivity index is 1.68. The van der Waals surface area contributed by atoms with Gasteiger partial charge in [-0.25, -0.2) is 0 Å². The van der Waals surface area contributed by atoms with Crippen LogP contribution in [-0.4, -0.2) is 12.1 Å². The minimum atomic E-state index is 0.254. The van der Waals surface area contributed by atoms with Crippen LogP contribution in [0.4, 0.5) is 0 Å². The Bertz CT molecular complexity index is 613. The first kappa shape index (κ1) is 15.4. The van der Waals surface area contributed by atoms with E-state index in [9.17, 15) is 9.59 Å². The molecule has 4 aliphatic rings. The highest BCUT2D eigenvalue weighted by molar-refractivity contribution is 5.91. The van der Waals surface area contributed by atoms with Gasteiger partial charge in [0.05, 0.1) is 0 Å². The molecule has 0 radical (unpaired) electrons. The quantitative estimate of drug-likeness (QED) is 0.522. The molecule has 0 aromatic carbocycles. The molecule has 0 aromatic heterocycles. The number of hydrogen-bond acceptors (Lipinski definition) is 2. The van der Waals surface area contributed by atoms with E-state index >= 15 is 0 Å². The van der Waals surface area contributed by atoms with Gasteiger partial charge >= 0.3 is 0 Å². The molecule has 5 atom stereocenters. The monoisotopic (exact) mass is 312 g/mol. The fourth-order valence-corrected chi connectivity index (χ4v) is 6.76. The standard InChI is InChI=1S/C21H28O2/c1-20-11-8-19-17(18(20)6-4-14(20)9-12-22)5-3-15-13-16(23)7-10-21(15,19)2/h9,12-13,17-19H,3-8,10-11H2,1-2H3/t17-,18-,19-,20+,21-/m0/s1. The number of ketones is 1. The predicted octanol–water partition coefficient (Wildman–Crippen LogP) is 4.64. The van der Waals surface area contributed by atoms with Gasteiger partial charge in [0.25, 0.3) is 0 Å².